The van der Waals surface area contributed by atoms with Gasteiger partial charge in [0.15, 0.2) is 5.82 Å². The number of benzene rings is 3. The minimum atomic E-state index is -0.384. The number of amides is 1. The average molecular weight is 418 g/mol. The Labute approximate surface area is 178 Å². The summed E-state index contributed by atoms with van der Waals surface area (Å²) in [6.07, 6.45) is 0. The SMILES string of the molecule is COc1cccc(C(=O)Nc2cccc(-n3nc(OC)nc3-c3cccc(F)c3)c2)c1. The van der Waals surface area contributed by atoms with Crippen LogP contribution in [0.3, 0.4) is 0 Å². The molecular formula is C23H19FN4O3. The van der Waals surface area contributed by atoms with E-state index in [-0.39, 0.29) is 17.7 Å². The lowest BCUT2D eigenvalue weighted by Gasteiger charge is -2.10. The smallest absolute Gasteiger partial charge is 0.336 e. The Morgan fingerprint density at radius 1 is 0.968 bits per heavy atom. The Morgan fingerprint density at radius 3 is 2.55 bits per heavy atom. The molecule has 0 aliphatic rings. The number of rotatable bonds is 6. The van der Waals surface area contributed by atoms with Gasteiger partial charge in [0.25, 0.3) is 5.91 Å². The van der Waals surface area contributed by atoms with Gasteiger partial charge in [0.05, 0.1) is 19.9 Å². The van der Waals surface area contributed by atoms with Crippen LogP contribution in [0.5, 0.6) is 11.8 Å². The zero-order chi connectivity index (χ0) is 21.8. The molecule has 4 rings (SSSR count). The van der Waals surface area contributed by atoms with Crippen molar-refractivity contribution in [1.82, 2.24) is 14.8 Å². The highest BCUT2D eigenvalue weighted by Gasteiger charge is 2.16. The van der Waals surface area contributed by atoms with Crippen molar-refractivity contribution in [1.29, 1.82) is 0 Å². The van der Waals surface area contributed by atoms with Gasteiger partial charge in [-0.3, -0.25) is 4.79 Å². The predicted octanol–water partition coefficient (Wildman–Crippen LogP) is 4.34. The number of anilines is 1. The molecule has 0 radical (unpaired) electrons. The fourth-order valence-electron chi connectivity index (χ4n) is 3.06. The van der Waals surface area contributed by atoms with E-state index in [1.54, 1.807) is 67.8 Å². The van der Waals surface area contributed by atoms with Crippen LogP contribution in [0.25, 0.3) is 17.1 Å². The van der Waals surface area contributed by atoms with Gasteiger partial charge in [0.1, 0.15) is 11.6 Å². The molecule has 1 heterocycles. The van der Waals surface area contributed by atoms with Crippen molar-refractivity contribution in [3.05, 3.63) is 84.2 Å². The number of carbonyl (C=O) groups is 1. The summed E-state index contributed by atoms with van der Waals surface area (Å²) in [5, 5.41) is 7.20. The van der Waals surface area contributed by atoms with Gasteiger partial charge in [-0.25, -0.2) is 9.07 Å². The van der Waals surface area contributed by atoms with E-state index in [0.29, 0.717) is 34.1 Å². The molecule has 0 spiro atoms. The summed E-state index contributed by atoms with van der Waals surface area (Å²) < 4.78 is 25.6. The number of methoxy groups -OCH3 is 2. The van der Waals surface area contributed by atoms with Gasteiger partial charge >= 0.3 is 6.01 Å². The highest BCUT2D eigenvalue weighted by Crippen LogP contribution is 2.25. The Hall–Kier alpha value is -4.20. The van der Waals surface area contributed by atoms with Gasteiger partial charge in [-0.1, -0.05) is 24.3 Å². The predicted molar refractivity (Wildman–Crippen MR) is 114 cm³/mol. The first kappa shape index (κ1) is 20.1. The molecule has 1 amide bonds. The number of hydrogen-bond donors (Lipinski definition) is 1. The molecule has 156 valence electrons. The van der Waals surface area contributed by atoms with E-state index in [2.05, 4.69) is 15.4 Å². The maximum Gasteiger partial charge on any atom is 0.336 e. The third-order valence-electron chi connectivity index (χ3n) is 4.53. The van der Waals surface area contributed by atoms with E-state index in [0.717, 1.165) is 0 Å². The van der Waals surface area contributed by atoms with E-state index < -0.39 is 0 Å². The van der Waals surface area contributed by atoms with Crippen molar-refractivity contribution in [3.63, 3.8) is 0 Å². The molecule has 0 saturated heterocycles. The summed E-state index contributed by atoms with van der Waals surface area (Å²) in [7, 11) is 3.00. The number of nitrogens with zero attached hydrogens (tertiary/aromatic N) is 3. The van der Waals surface area contributed by atoms with Crippen molar-refractivity contribution < 1.29 is 18.7 Å². The molecule has 3 aromatic carbocycles. The van der Waals surface area contributed by atoms with Crippen LogP contribution >= 0.6 is 0 Å². The van der Waals surface area contributed by atoms with Crippen molar-refractivity contribution >= 4 is 11.6 Å². The monoisotopic (exact) mass is 418 g/mol. The van der Waals surface area contributed by atoms with Crippen LogP contribution in [0, 0.1) is 5.82 Å². The van der Waals surface area contributed by atoms with Crippen LogP contribution in [0.4, 0.5) is 10.1 Å². The van der Waals surface area contributed by atoms with Crippen LogP contribution in [-0.2, 0) is 0 Å². The Kier molecular flexibility index (Phi) is 5.61. The molecule has 1 aromatic heterocycles. The van der Waals surface area contributed by atoms with Crippen molar-refractivity contribution in [2.75, 3.05) is 19.5 Å². The summed E-state index contributed by atoms with van der Waals surface area (Å²) >= 11 is 0. The lowest BCUT2D eigenvalue weighted by Crippen LogP contribution is -2.12. The minimum Gasteiger partial charge on any atom is -0.497 e. The summed E-state index contributed by atoms with van der Waals surface area (Å²) in [4.78, 5) is 17.0. The van der Waals surface area contributed by atoms with Gasteiger partial charge in [-0.15, -0.1) is 5.10 Å². The fourth-order valence-corrected chi connectivity index (χ4v) is 3.06. The lowest BCUT2D eigenvalue weighted by molar-refractivity contribution is 0.102. The number of halogens is 1. The molecule has 0 aliphatic heterocycles. The summed E-state index contributed by atoms with van der Waals surface area (Å²) in [6, 6.07) is 20.2. The van der Waals surface area contributed by atoms with E-state index in [1.807, 2.05) is 0 Å². The fraction of sp³-hybridized carbons (Fsp3) is 0.0870. The first-order valence-corrected chi connectivity index (χ1v) is 9.40. The molecule has 0 aliphatic carbocycles. The van der Waals surface area contributed by atoms with Crippen LogP contribution in [0.15, 0.2) is 72.8 Å². The Balaban J connectivity index is 1.67. The zero-order valence-corrected chi connectivity index (χ0v) is 16.9. The van der Waals surface area contributed by atoms with Gasteiger partial charge < -0.3 is 14.8 Å². The summed E-state index contributed by atoms with van der Waals surface area (Å²) in [6.45, 7) is 0. The van der Waals surface area contributed by atoms with Crippen molar-refractivity contribution in [2.45, 2.75) is 0 Å². The number of hydrogen-bond acceptors (Lipinski definition) is 5. The van der Waals surface area contributed by atoms with Gasteiger partial charge in [-0.2, -0.15) is 4.98 Å². The third-order valence-corrected chi connectivity index (χ3v) is 4.53. The molecule has 1 N–H and O–H groups in total. The van der Waals surface area contributed by atoms with Crippen molar-refractivity contribution in [2.24, 2.45) is 0 Å². The first-order chi connectivity index (χ1) is 15.1. The second-order valence-electron chi connectivity index (χ2n) is 6.58. The molecule has 7 nitrogen and oxygen atoms in total. The van der Waals surface area contributed by atoms with Crippen LogP contribution < -0.4 is 14.8 Å². The van der Waals surface area contributed by atoms with Crippen LogP contribution in [0.2, 0.25) is 0 Å². The molecule has 0 atom stereocenters. The van der Waals surface area contributed by atoms with E-state index >= 15 is 0 Å². The van der Waals surface area contributed by atoms with Crippen molar-refractivity contribution in [3.8, 4) is 28.8 Å². The summed E-state index contributed by atoms with van der Waals surface area (Å²) in [5.74, 6) is 0.339. The molecule has 0 bridgehead atoms. The molecule has 4 aromatic rings. The highest BCUT2D eigenvalue weighted by molar-refractivity contribution is 6.04. The molecule has 0 unspecified atom stereocenters. The molecule has 0 saturated carbocycles. The zero-order valence-electron chi connectivity index (χ0n) is 16.9. The number of ether oxygens (including phenoxy) is 2. The van der Waals surface area contributed by atoms with E-state index in [9.17, 15) is 9.18 Å². The molecule has 8 heteroatoms. The van der Waals surface area contributed by atoms with Gasteiger partial charge in [0, 0.05) is 16.8 Å². The lowest BCUT2D eigenvalue weighted by atomic mass is 10.2. The molecule has 0 fully saturated rings. The number of carbonyl (C=O) groups excluding carboxylic acids is 1. The quantitative estimate of drug-likeness (QED) is 0.504. The maximum absolute atomic E-state index is 13.8. The molecule has 31 heavy (non-hydrogen) atoms. The largest absolute Gasteiger partial charge is 0.497 e. The third kappa shape index (κ3) is 4.37. The summed E-state index contributed by atoms with van der Waals surface area (Å²) in [5.41, 5.74) is 2.19. The molecular weight excluding hydrogens is 399 g/mol. The highest BCUT2D eigenvalue weighted by atomic mass is 19.1. The second kappa shape index (κ2) is 8.66. The second-order valence-corrected chi connectivity index (χ2v) is 6.58. The topological polar surface area (TPSA) is 78.3 Å². The van der Waals surface area contributed by atoms with Crippen LogP contribution in [-0.4, -0.2) is 34.9 Å². The van der Waals surface area contributed by atoms with Crippen LogP contribution in [0.1, 0.15) is 10.4 Å². The van der Waals surface area contributed by atoms with E-state index in [1.165, 1.54) is 23.9 Å². The Bertz CT molecular complexity index is 1240. The maximum atomic E-state index is 13.8. The first-order valence-electron chi connectivity index (χ1n) is 9.40. The van der Waals surface area contributed by atoms with E-state index in [4.69, 9.17) is 9.47 Å². The number of nitrogens with one attached hydrogen (secondary N) is 1. The normalized spacial score (nSPS) is 10.5. The van der Waals surface area contributed by atoms with Gasteiger partial charge in [0.2, 0.25) is 0 Å². The standard InChI is InChI=1S/C23H19FN4O3/c1-30-20-11-4-7-16(13-20)22(29)25-18-9-5-10-19(14-18)28-21(26-23(27-28)31-2)15-6-3-8-17(24)12-15/h3-14H,1-2H3,(H,25,29). The minimum absolute atomic E-state index is 0.144. The Morgan fingerprint density at radius 2 is 1.77 bits per heavy atom. The van der Waals surface area contributed by atoms with Gasteiger partial charge in [-0.05, 0) is 48.5 Å². The number of aromatic nitrogens is 3. The average Bonchev–Trinajstić information content (AvgIpc) is 3.24.